The molecule has 0 amide bonds. The summed E-state index contributed by atoms with van der Waals surface area (Å²) in [4.78, 5) is 21.8. The van der Waals surface area contributed by atoms with Crippen molar-refractivity contribution in [3.05, 3.63) is 64.2 Å². The summed E-state index contributed by atoms with van der Waals surface area (Å²) < 4.78 is 1.65. The molecule has 2 aliphatic heterocycles. The maximum atomic E-state index is 12.8. The smallest absolute Gasteiger partial charge is 0.269 e. The molecule has 2 fully saturated rings. The third kappa shape index (κ3) is 4.34. The van der Waals surface area contributed by atoms with Crippen molar-refractivity contribution in [1.82, 2.24) is 19.7 Å². The lowest BCUT2D eigenvalue weighted by molar-refractivity contribution is 0.160. The topological polar surface area (TPSA) is 74.5 Å². The standard InChI is InChI=1S/C24H29N5O2/c1-17-4-6-19-11-18(5-7-23(19)26-17)14-27-9-2-3-20(15-27)29-24(31)12-21(13-25-29)28-10-8-22(30)16-28/h4-7,11-13,20,22,30H,2-3,8-10,14-16H2,1H3/t20-,22+/m1/s1. The number of aliphatic hydroxyl groups is 1. The third-order valence-electron chi connectivity index (χ3n) is 6.47. The Balaban J connectivity index is 1.29. The number of rotatable bonds is 4. The molecule has 2 aliphatic rings. The van der Waals surface area contributed by atoms with Crippen LogP contribution in [-0.4, -0.2) is 57.1 Å². The first-order valence-electron chi connectivity index (χ1n) is 11.2. The highest BCUT2D eigenvalue weighted by molar-refractivity contribution is 5.79. The molecule has 31 heavy (non-hydrogen) atoms. The fourth-order valence-corrected chi connectivity index (χ4v) is 4.84. The molecule has 0 saturated carbocycles. The van der Waals surface area contributed by atoms with Gasteiger partial charge in [-0.3, -0.25) is 14.7 Å². The Morgan fingerprint density at radius 3 is 2.81 bits per heavy atom. The monoisotopic (exact) mass is 419 g/mol. The van der Waals surface area contributed by atoms with Gasteiger partial charge in [0.15, 0.2) is 0 Å². The van der Waals surface area contributed by atoms with Gasteiger partial charge >= 0.3 is 0 Å². The minimum atomic E-state index is -0.316. The molecule has 1 N–H and O–H groups in total. The molecule has 2 atom stereocenters. The van der Waals surface area contributed by atoms with Gasteiger partial charge in [-0.2, -0.15) is 5.10 Å². The van der Waals surface area contributed by atoms with E-state index in [9.17, 15) is 9.90 Å². The van der Waals surface area contributed by atoms with Gasteiger partial charge in [0.25, 0.3) is 5.56 Å². The van der Waals surface area contributed by atoms with E-state index in [4.69, 9.17) is 0 Å². The molecule has 2 aromatic heterocycles. The van der Waals surface area contributed by atoms with Crippen molar-refractivity contribution < 1.29 is 5.11 Å². The molecule has 0 unspecified atom stereocenters. The van der Waals surface area contributed by atoms with E-state index >= 15 is 0 Å². The van der Waals surface area contributed by atoms with E-state index in [2.05, 4.69) is 39.2 Å². The van der Waals surface area contributed by atoms with E-state index in [0.29, 0.717) is 6.54 Å². The maximum absolute atomic E-state index is 12.8. The largest absolute Gasteiger partial charge is 0.391 e. The van der Waals surface area contributed by atoms with Crippen molar-refractivity contribution in [2.45, 2.75) is 44.9 Å². The predicted molar refractivity (Wildman–Crippen MR) is 121 cm³/mol. The van der Waals surface area contributed by atoms with E-state index in [1.807, 2.05) is 17.9 Å². The number of fused-ring (bicyclic) bond motifs is 1. The minimum absolute atomic E-state index is 0.0575. The Bertz CT molecular complexity index is 1140. The van der Waals surface area contributed by atoms with Crippen molar-refractivity contribution >= 4 is 16.6 Å². The molecule has 1 aromatic carbocycles. The lowest BCUT2D eigenvalue weighted by Gasteiger charge is -2.33. The number of β-amino-alcohol motifs (C(OH)–C–C–N with tert-alkyl or cyclic N) is 1. The Morgan fingerprint density at radius 1 is 1.10 bits per heavy atom. The zero-order valence-corrected chi connectivity index (χ0v) is 17.9. The number of aliphatic hydroxyl groups excluding tert-OH is 1. The average molecular weight is 420 g/mol. The van der Waals surface area contributed by atoms with Crippen molar-refractivity contribution in [2.24, 2.45) is 0 Å². The van der Waals surface area contributed by atoms with Crippen LogP contribution in [0.2, 0.25) is 0 Å². The zero-order valence-electron chi connectivity index (χ0n) is 17.9. The van der Waals surface area contributed by atoms with E-state index in [0.717, 1.165) is 67.7 Å². The maximum Gasteiger partial charge on any atom is 0.269 e. The highest BCUT2D eigenvalue weighted by atomic mass is 16.3. The summed E-state index contributed by atoms with van der Waals surface area (Å²) in [5.74, 6) is 0. The molecule has 7 heteroatoms. The molecule has 2 saturated heterocycles. The summed E-state index contributed by atoms with van der Waals surface area (Å²) >= 11 is 0. The number of aromatic nitrogens is 3. The quantitative estimate of drug-likeness (QED) is 0.701. The Morgan fingerprint density at radius 2 is 2.00 bits per heavy atom. The van der Waals surface area contributed by atoms with E-state index in [-0.39, 0.29) is 17.7 Å². The summed E-state index contributed by atoms with van der Waals surface area (Å²) in [6, 6.07) is 12.4. The molecule has 5 rings (SSSR count). The van der Waals surface area contributed by atoms with Crippen LogP contribution in [0, 0.1) is 6.92 Å². The molecule has 4 heterocycles. The molecule has 0 bridgehead atoms. The first kappa shape index (κ1) is 20.2. The summed E-state index contributed by atoms with van der Waals surface area (Å²) in [6.07, 6.45) is 4.21. The highest BCUT2D eigenvalue weighted by Gasteiger charge is 2.25. The fourth-order valence-electron chi connectivity index (χ4n) is 4.84. The SMILES string of the molecule is Cc1ccc2cc(CN3CCC[C@@H](n4ncc(N5CC[C@H](O)C5)cc4=O)C3)ccc2n1. The van der Waals surface area contributed by atoms with Gasteiger partial charge in [0.2, 0.25) is 0 Å². The van der Waals surface area contributed by atoms with Gasteiger partial charge in [-0.05, 0) is 56.5 Å². The Hall–Kier alpha value is -2.77. The lowest BCUT2D eigenvalue weighted by atomic mass is 10.0. The first-order valence-corrected chi connectivity index (χ1v) is 11.2. The van der Waals surface area contributed by atoms with Crippen molar-refractivity contribution in [3.63, 3.8) is 0 Å². The van der Waals surface area contributed by atoms with Crippen LogP contribution in [0.15, 0.2) is 47.4 Å². The molecule has 162 valence electrons. The number of anilines is 1. The number of hydrogen-bond donors (Lipinski definition) is 1. The van der Waals surface area contributed by atoms with E-state index in [1.165, 1.54) is 5.56 Å². The van der Waals surface area contributed by atoms with E-state index in [1.54, 1.807) is 16.9 Å². The number of nitrogens with zero attached hydrogens (tertiary/aromatic N) is 5. The van der Waals surface area contributed by atoms with Crippen LogP contribution in [-0.2, 0) is 6.54 Å². The van der Waals surface area contributed by atoms with Crippen LogP contribution in [0.1, 0.15) is 36.6 Å². The summed E-state index contributed by atoms with van der Waals surface area (Å²) in [7, 11) is 0. The van der Waals surface area contributed by atoms with Crippen LogP contribution < -0.4 is 10.5 Å². The van der Waals surface area contributed by atoms with Crippen molar-refractivity contribution in [1.29, 1.82) is 0 Å². The normalized spacial score (nSPS) is 22.3. The van der Waals surface area contributed by atoms with Crippen LogP contribution >= 0.6 is 0 Å². The number of hydrogen-bond acceptors (Lipinski definition) is 6. The van der Waals surface area contributed by atoms with Crippen LogP contribution in [0.3, 0.4) is 0 Å². The number of likely N-dealkylation sites (tertiary alicyclic amines) is 1. The number of aryl methyl sites for hydroxylation is 1. The molecule has 0 aliphatic carbocycles. The third-order valence-corrected chi connectivity index (χ3v) is 6.47. The molecule has 3 aromatic rings. The van der Waals surface area contributed by atoms with Crippen molar-refractivity contribution in [3.8, 4) is 0 Å². The lowest BCUT2D eigenvalue weighted by Crippen LogP contribution is -2.40. The van der Waals surface area contributed by atoms with E-state index < -0.39 is 0 Å². The Labute approximate surface area is 181 Å². The average Bonchev–Trinajstić information content (AvgIpc) is 3.20. The van der Waals surface area contributed by atoms with Crippen LogP contribution in [0.25, 0.3) is 10.9 Å². The Kier molecular flexibility index (Phi) is 5.46. The molecular weight excluding hydrogens is 390 g/mol. The van der Waals surface area contributed by atoms with Gasteiger partial charge in [-0.25, -0.2) is 4.68 Å². The fraction of sp³-hybridized carbons (Fsp3) is 0.458. The highest BCUT2D eigenvalue weighted by Crippen LogP contribution is 2.24. The van der Waals surface area contributed by atoms with Gasteiger partial charge < -0.3 is 10.0 Å². The molecular formula is C24H29N5O2. The number of benzene rings is 1. The second-order valence-electron chi connectivity index (χ2n) is 8.90. The summed E-state index contributed by atoms with van der Waals surface area (Å²) in [5.41, 5.74) is 4.08. The molecule has 0 radical (unpaired) electrons. The second kappa shape index (κ2) is 8.40. The predicted octanol–water partition coefficient (Wildman–Crippen LogP) is 2.51. The summed E-state index contributed by atoms with van der Waals surface area (Å²) in [5, 5.41) is 15.4. The number of pyridine rings is 1. The summed E-state index contributed by atoms with van der Waals surface area (Å²) in [6.45, 7) is 6.06. The number of piperidine rings is 1. The molecule has 7 nitrogen and oxygen atoms in total. The molecule has 0 spiro atoms. The van der Waals surface area contributed by atoms with Gasteiger partial charge in [0, 0.05) is 43.3 Å². The van der Waals surface area contributed by atoms with Gasteiger partial charge in [0.1, 0.15) is 0 Å². The van der Waals surface area contributed by atoms with Gasteiger partial charge in [0.05, 0.1) is 29.5 Å². The minimum Gasteiger partial charge on any atom is -0.391 e. The first-order chi connectivity index (χ1) is 15.0. The van der Waals surface area contributed by atoms with Gasteiger partial charge in [-0.1, -0.05) is 12.1 Å². The van der Waals surface area contributed by atoms with Crippen LogP contribution in [0.4, 0.5) is 5.69 Å². The van der Waals surface area contributed by atoms with Crippen molar-refractivity contribution in [2.75, 3.05) is 31.1 Å². The second-order valence-corrected chi connectivity index (χ2v) is 8.90. The zero-order chi connectivity index (χ0) is 21.4. The van der Waals surface area contributed by atoms with Gasteiger partial charge in [-0.15, -0.1) is 0 Å². The van der Waals surface area contributed by atoms with Crippen LogP contribution in [0.5, 0.6) is 0 Å².